The summed E-state index contributed by atoms with van der Waals surface area (Å²) in [6.45, 7) is 1.09. The number of benzene rings is 2. The summed E-state index contributed by atoms with van der Waals surface area (Å²) in [6, 6.07) is 30.1. The highest BCUT2D eigenvalue weighted by Gasteiger charge is 2.26. The van der Waals surface area contributed by atoms with Crippen molar-refractivity contribution in [1.29, 1.82) is 0 Å². The average Bonchev–Trinajstić information content (AvgIpc) is 2.94. The number of likely N-dealkylation sites (tertiary alicyclic amines) is 1. The molecule has 0 bridgehead atoms. The Morgan fingerprint density at radius 2 is 1.16 bits per heavy atom. The lowest BCUT2D eigenvalue weighted by atomic mass is 10.0. The molecule has 0 saturated carbocycles. The van der Waals surface area contributed by atoms with Crippen molar-refractivity contribution < 1.29 is 9.59 Å². The molecule has 1 saturated heterocycles. The van der Waals surface area contributed by atoms with Crippen molar-refractivity contribution in [2.75, 3.05) is 23.7 Å². The molecule has 1 aliphatic rings. The summed E-state index contributed by atoms with van der Waals surface area (Å²) in [5, 5.41) is 9.50. The minimum atomic E-state index is -0.220. The third-order valence-electron chi connectivity index (χ3n) is 6.16. The minimum Gasteiger partial charge on any atom is -0.348 e. The topological polar surface area (TPSA) is 99.3 Å². The van der Waals surface area contributed by atoms with Crippen LogP contribution in [0.1, 0.15) is 33.8 Å². The number of hydrogen-bond donors (Lipinski definition) is 3. The largest absolute Gasteiger partial charge is 0.348 e. The molecule has 0 unspecified atom stereocenters. The van der Waals surface area contributed by atoms with E-state index in [0.717, 1.165) is 11.4 Å². The molecule has 0 atom stereocenters. The summed E-state index contributed by atoms with van der Waals surface area (Å²) in [6.07, 6.45) is 1.34. The standard InChI is InChI=1S/C29H28N6O2/c36-28(24-13-7-15-26(33-24)30-21-9-3-1-4-10-21)32-23-17-19-35(20-18-23)29(37)25-14-8-16-27(34-25)31-22-11-5-2-6-12-22/h1-16,23H,17-20H2,(H,30,33)(H,31,34)(H,32,36). The van der Waals surface area contributed by atoms with Crippen LogP contribution >= 0.6 is 0 Å². The highest BCUT2D eigenvalue weighted by Crippen LogP contribution is 2.18. The Balaban J connectivity index is 1.14. The van der Waals surface area contributed by atoms with E-state index in [1.54, 1.807) is 17.0 Å². The van der Waals surface area contributed by atoms with Crippen LogP contribution in [0.5, 0.6) is 0 Å². The Labute approximate surface area is 215 Å². The number of hydrogen-bond acceptors (Lipinski definition) is 6. The van der Waals surface area contributed by atoms with Gasteiger partial charge in [0, 0.05) is 30.5 Å². The van der Waals surface area contributed by atoms with Crippen LogP contribution in [-0.4, -0.2) is 45.8 Å². The van der Waals surface area contributed by atoms with E-state index in [1.165, 1.54) is 0 Å². The van der Waals surface area contributed by atoms with Gasteiger partial charge in [-0.1, -0.05) is 48.5 Å². The van der Waals surface area contributed by atoms with Crippen molar-refractivity contribution in [2.24, 2.45) is 0 Å². The molecule has 0 radical (unpaired) electrons. The summed E-state index contributed by atoms with van der Waals surface area (Å²) in [5.74, 6) is 0.900. The first kappa shape index (κ1) is 24.0. The van der Waals surface area contributed by atoms with Crippen LogP contribution in [0.2, 0.25) is 0 Å². The molecule has 1 aliphatic heterocycles. The van der Waals surface area contributed by atoms with Crippen molar-refractivity contribution >= 4 is 34.8 Å². The third-order valence-corrected chi connectivity index (χ3v) is 6.16. The molecule has 8 nitrogen and oxygen atoms in total. The van der Waals surface area contributed by atoms with Gasteiger partial charge in [-0.15, -0.1) is 0 Å². The van der Waals surface area contributed by atoms with Gasteiger partial charge in [-0.2, -0.15) is 0 Å². The van der Waals surface area contributed by atoms with E-state index in [9.17, 15) is 9.59 Å². The smallest absolute Gasteiger partial charge is 0.272 e. The fraction of sp³-hybridized carbons (Fsp3) is 0.172. The Hall–Kier alpha value is -4.72. The van der Waals surface area contributed by atoms with Crippen molar-refractivity contribution in [3.05, 3.63) is 108 Å². The van der Waals surface area contributed by atoms with Crippen LogP contribution < -0.4 is 16.0 Å². The zero-order valence-corrected chi connectivity index (χ0v) is 20.3. The molecule has 5 rings (SSSR count). The molecule has 37 heavy (non-hydrogen) atoms. The summed E-state index contributed by atoms with van der Waals surface area (Å²) in [5.41, 5.74) is 2.56. The summed E-state index contributed by atoms with van der Waals surface area (Å²) < 4.78 is 0. The maximum Gasteiger partial charge on any atom is 0.272 e. The number of nitrogens with one attached hydrogen (secondary N) is 3. The summed E-state index contributed by atoms with van der Waals surface area (Å²) in [4.78, 5) is 36.7. The van der Waals surface area contributed by atoms with Gasteiger partial charge in [-0.3, -0.25) is 9.59 Å². The van der Waals surface area contributed by atoms with E-state index < -0.39 is 0 Å². The van der Waals surface area contributed by atoms with Gasteiger partial charge in [0.15, 0.2) is 0 Å². The van der Waals surface area contributed by atoms with Crippen LogP contribution in [0.3, 0.4) is 0 Å². The van der Waals surface area contributed by atoms with Gasteiger partial charge < -0.3 is 20.9 Å². The van der Waals surface area contributed by atoms with Gasteiger partial charge in [0.1, 0.15) is 23.0 Å². The lowest BCUT2D eigenvalue weighted by molar-refractivity contribution is 0.0692. The first-order valence-corrected chi connectivity index (χ1v) is 12.3. The molecule has 0 spiro atoms. The molecule has 3 N–H and O–H groups in total. The number of aromatic nitrogens is 2. The maximum atomic E-state index is 13.1. The molecule has 1 fully saturated rings. The SMILES string of the molecule is O=C(NC1CCN(C(=O)c2cccc(Nc3ccccc3)n2)CC1)c1cccc(Nc2ccccc2)n1. The van der Waals surface area contributed by atoms with E-state index >= 15 is 0 Å². The number of carbonyl (C=O) groups is 2. The normalized spacial score (nSPS) is 13.6. The predicted molar refractivity (Wildman–Crippen MR) is 144 cm³/mol. The third kappa shape index (κ3) is 6.29. The highest BCUT2D eigenvalue weighted by atomic mass is 16.2. The Kier molecular flexibility index (Phi) is 7.36. The minimum absolute atomic E-state index is 0.0249. The molecular formula is C29H28N6O2. The summed E-state index contributed by atoms with van der Waals surface area (Å²) >= 11 is 0. The van der Waals surface area contributed by atoms with Gasteiger partial charge in [0.2, 0.25) is 0 Å². The number of nitrogens with zero attached hydrogens (tertiary/aromatic N) is 3. The number of carbonyl (C=O) groups excluding carboxylic acids is 2. The van der Waals surface area contributed by atoms with Crippen LogP contribution in [0.25, 0.3) is 0 Å². The monoisotopic (exact) mass is 492 g/mol. The van der Waals surface area contributed by atoms with Crippen LogP contribution in [0, 0.1) is 0 Å². The second-order valence-electron chi connectivity index (χ2n) is 8.84. The number of pyridine rings is 2. The van der Waals surface area contributed by atoms with Crippen LogP contribution in [0.15, 0.2) is 97.1 Å². The van der Waals surface area contributed by atoms with E-state index in [0.29, 0.717) is 49.0 Å². The number of rotatable bonds is 7. The second kappa shape index (κ2) is 11.3. The van der Waals surface area contributed by atoms with Gasteiger partial charge in [0.25, 0.3) is 11.8 Å². The van der Waals surface area contributed by atoms with E-state index in [1.807, 2.05) is 84.9 Å². The van der Waals surface area contributed by atoms with Gasteiger partial charge in [-0.25, -0.2) is 9.97 Å². The average molecular weight is 493 g/mol. The van der Waals surface area contributed by atoms with Crippen molar-refractivity contribution in [3.63, 3.8) is 0 Å². The van der Waals surface area contributed by atoms with Gasteiger partial charge in [0.05, 0.1) is 0 Å². The summed E-state index contributed by atoms with van der Waals surface area (Å²) in [7, 11) is 0. The van der Waals surface area contributed by atoms with Gasteiger partial charge in [-0.05, 0) is 61.4 Å². The lowest BCUT2D eigenvalue weighted by Gasteiger charge is -2.32. The zero-order valence-electron chi connectivity index (χ0n) is 20.3. The molecule has 2 amide bonds. The van der Waals surface area contributed by atoms with E-state index in [2.05, 4.69) is 25.9 Å². The fourth-order valence-corrected chi connectivity index (χ4v) is 4.24. The number of para-hydroxylation sites is 2. The maximum absolute atomic E-state index is 13.1. The van der Waals surface area contributed by atoms with Gasteiger partial charge >= 0.3 is 0 Å². The lowest BCUT2D eigenvalue weighted by Crippen LogP contribution is -2.46. The van der Waals surface area contributed by atoms with E-state index in [-0.39, 0.29) is 17.9 Å². The van der Waals surface area contributed by atoms with Crippen molar-refractivity contribution in [2.45, 2.75) is 18.9 Å². The molecule has 0 aliphatic carbocycles. The molecule has 4 aromatic rings. The second-order valence-corrected chi connectivity index (χ2v) is 8.84. The predicted octanol–water partition coefficient (Wildman–Crippen LogP) is 5.00. The Morgan fingerprint density at radius 3 is 1.73 bits per heavy atom. The number of piperidine rings is 1. The Bertz CT molecular complexity index is 1360. The fourth-order valence-electron chi connectivity index (χ4n) is 4.24. The molecule has 8 heteroatoms. The number of amides is 2. The molecule has 2 aromatic carbocycles. The van der Waals surface area contributed by atoms with Crippen molar-refractivity contribution in [3.8, 4) is 0 Å². The van der Waals surface area contributed by atoms with Crippen LogP contribution in [0.4, 0.5) is 23.0 Å². The molecule has 3 heterocycles. The van der Waals surface area contributed by atoms with Crippen LogP contribution in [-0.2, 0) is 0 Å². The zero-order chi connectivity index (χ0) is 25.5. The number of anilines is 4. The van der Waals surface area contributed by atoms with E-state index in [4.69, 9.17) is 0 Å². The van der Waals surface area contributed by atoms with Crippen molar-refractivity contribution in [1.82, 2.24) is 20.2 Å². The Morgan fingerprint density at radius 1 is 0.649 bits per heavy atom. The molecule has 2 aromatic heterocycles. The molecular weight excluding hydrogens is 464 g/mol. The highest BCUT2D eigenvalue weighted by molar-refractivity contribution is 5.94. The molecule has 186 valence electrons. The first-order chi connectivity index (χ1) is 18.1. The first-order valence-electron chi connectivity index (χ1n) is 12.3. The quantitative estimate of drug-likeness (QED) is 0.336.